The predicted molar refractivity (Wildman–Crippen MR) is 86.3 cm³/mol. The number of nitro benzene ring substituents is 1. The molecule has 1 aromatic heterocycles. The quantitative estimate of drug-likeness (QED) is 0.504. The third-order valence-corrected chi connectivity index (χ3v) is 3.20. The number of esters is 1. The van der Waals surface area contributed by atoms with Crippen molar-refractivity contribution < 1.29 is 19.2 Å². The number of nitrogens with zero attached hydrogens (tertiary/aromatic N) is 2. The Hall–Kier alpha value is -3.00. The molecule has 1 aromatic carbocycles. The van der Waals surface area contributed by atoms with E-state index in [2.05, 4.69) is 10.3 Å². The number of pyridine rings is 1. The summed E-state index contributed by atoms with van der Waals surface area (Å²) in [5, 5.41) is 13.4. The maximum absolute atomic E-state index is 12.2. The van der Waals surface area contributed by atoms with Gasteiger partial charge in [-0.3, -0.25) is 14.9 Å². The maximum Gasteiger partial charge on any atom is 0.356 e. The molecule has 0 aliphatic carbocycles. The molecule has 0 saturated carbocycles. The Bertz CT molecular complexity index is 809. The van der Waals surface area contributed by atoms with Crippen LogP contribution in [0.15, 0.2) is 36.4 Å². The number of benzene rings is 1. The lowest BCUT2D eigenvalue weighted by molar-refractivity contribution is -0.384. The summed E-state index contributed by atoms with van der Waals surface area (Å²) in [5.41, 5.74) is -0.222. The monoisotopic (exact) mass is 349 g/mol. The second-order valence-corrected chi connectivity index (χ2v) is 4.91. The van der Waals surface area contributed by atoms with Crippen LogP contribution in [0.1, 0.15) is 27.9 Å². The summed E-state index contributed by atoms with van der Waals surface area (Å²) in [6.45, 7) is 1.83. The highest BCUT2D eigenvalue weighted by Gasteiger charge is 2.16. The first-order valence-corrected chi connectivity index (χ1v) is 7.19. The lowest BCUT2D eigenvalue weighted by Crippen LogP contribution is -2.16. The van der Waals surface area contributed by atoms with Crippen molar-refractivity contribution in [3.8, 4) is 0 Å². The molecule has 0 spiro atoms. The third-order valence-electron chi connectivity index (χ3n) is 2.88. The van der Waals surface area contributed by atoms with Gasteiger partial charge in [0, 0.05) is 12.1 Å². The van der Waals surface area contributed by atoms with Crippen molar-refractivity contribution in [2.24, 2.45) is 0 Å². The fourth-order valence-electron chi connectivity index (χ4n) is 1.79. The first-order valence-electron chi connectivity index (χ1n) is 6.82. The molecule has 0 aliphatic heterocycles. The zero-order chi connectivity index (χ0) is 17.7. The van der Waals surface area contributed by atoms with Gasteiger partial charge in [-0.1, -0.05) is 17.7 Å². The normalized spacial score (nSPS) is 10.1. The van der Waals surface area contributed by atoms with Crippen molar-refractivity contribution in [1.29, 1.82) is 0 Å². The number of nitro groups is 1. The number of anilines is 1. The van der Waals surface area contributed by atoms with E-state index in [4.69, 9.17) is 16.3 Å². The Labute approximate surface area is 141 Å². The predicted octanol–water partition coefficient (Wildman–Crippen LogP) is 3.07. The number of halogens is 1. The fraction of sp³-hybridized carbons (Fsp3) is 0.133. The molecule has 0 fully saturated rings. The van der Waals surface area contributed by atoms with Crippen LogP contribution in [-0.2, 0) is 4.74 Å². The number of amides is 1. The van der Waals surface area contributed by atoms with Crippen LogP contribution in [0.25, 0.3) is 0 Å². The van der Waals surface area contributed by atoms with E-state index in [0.717, 1.165) is 6.07 Å². The van der Waals surface area contributed by atoms with Crippen LogP contribution >= 0.6 is 11.6 Å². The molecular formula is C15H12ClN3O5. The molecule has 0 saturated heterocycles. The smallest absolute Gasteiger partial charge is 0.356 e. The Morgan fingerprint density at radius 1 is 1.29 bits per heavy atom. The van der Waals surface area contributed by atoms with Crippen molar-refractivity contribution in [2.45, 2.75) is 6.92 Å². The van der Waals surface area contributed by atoms with Crippen molar-refractivity contribution in [1.82, 2.24) is 4.98 Å². The van der Waals surface area contributed by atoms with Gasteiger partial charge in [-0.05, 0) is 25.1 Å². The molecule has 1 N–H and O–H groups in total. The second kappa shape index (κ2) is 7.51. The number of ether oxygens (including phenoxy) is 1. The highest BCUT2D eigenvalue weighted by Crippen LogP contribution is 2.27. The molecule has 2 aromatic rings. The summed E-state index contributed by atoms with van der Waals surface area (Å²) in [4.78, 5) is 38.0. The molecule has 0 atom stereocenters. The molecule has 24 heavy (non-hydrogen) atoms. The van der Waals surface area contributed by atoms with Crippen molar-refractivity contribution in [3.05, 3.63) is 62.9 Å². The van der Waals surface area contributed by atoms with Gasteiger partial charge < -0.3 is 10.1 Å². The molecule has 1 heterocycles. The van der Waals surface area contributed by atoms with E-state index in [1.807, 2.05) is 0 Å². The SMILES string of the molecule is CCOC(=O)c1cccc(C(=O)Nc2cc([N+](=O)[O-])ccc2Cl)n1. The maximum atomic E-state index is 12.2. The van der Waals surface area contributed by atoms with E-state index in [1.165, 1.54) is 30.3 Å². The van der Waals surface area contributed by atoms with Crippen LogP contribution in [0.5, 0.6) is 0 Å². The lowest BCUT2D eigenvalue weighted by atomic mass is 10.2. The summed E-state index contributed by atoms with van der Waals surface area (Å²) in [6, 6.07) is 7.94. The molecule has 8 nitrogen and oxygen atoms in total. The van der Waals surface area contributed by atoms with E-state index in [0.29, 0.717) is 0 Å². The van der Waals surface area contributed by atoms with Crippen LogP contribution in [-0.4, -0.2) is 28.4 Å². The van der Waals surface area contributed by atoms with Gasteiger partial charge >= 0.3 is 5.97 Å². The number of carbonyl (C=O) groups excluding carboxylic acids is 2. The molecule has 2 rings (SSSR count). The standard InChI is InChI=1S/C15H12ClN3O5/c1-2-24-15(21)12-5-3-4-11(17-12)14(20)18-13-8-9(19(22)23)6-7-10(13)16/h3-8H,2H2,1H3,(H,18,20). The minimum Gasteiger partial charge on any atom is -0.461 e. The largest absolute Gasteiger partial charge is 0.461 e. The number of hydrogen-bond acceptors (Lipinski definition) is 6. The Morgan fingerprint density at radius 3 is 2.67 bits per heavy atom. The molecule has 0 bridgehead atoms. The summed E-state index contributed by atoms with van der Waals surface area (Å²) in [7, 11) is 0. The molecule has 0 radical (unpaired) electrons. The molecule has 0 unspecified atom stereocenters. The second-order valence-electron chi connectivity index (χ2n) is 4.50. The van der Waals surface area contributed by atoms with Crippen molar-refractivity contribution in [2.75, 3.05) is 11.9 Å². The van der Waals surface area contributed by atoms with E-state index in [1.54, 1.807) is 6.92 Å². The number of non-ortho nitro benzene ring substituents is 1. The summed E-state index contributed by atoms with van der Waals surface area (Å²) in [6.07, 6.45) is 0. The molecule has 0 aliphatic rings. The summed E-state index contributed by atoms with van der Waals surface area (Å²) in [5.74, 6) is -1.32. The first kappa shape index (κ1) is 17.4. The van der Waals surface area contributed by atoms with Crippen molar-refractivity contribution in [3.63, 3.8) is 0 Å². The number of hydrogen-bond donors (Lipinski definition) is 1. The van der Waals surface area contributed by atoms with E-state index < -0.39 is 16.8 Å². The topological polar surface area (TPSA) is 111 Å². The number of rotatable bonds is 5. The highest BCUT2D eigenvalue weighted by molar-refractivity contribution is 6.34. The zero-order valence-electron chi connectivity index (χ0n) is 12.5. The Balaban J connectivity index is 2.24. The molecular weight excluding hydrogens is 338 g/mol. The van der Waals surface area contributed by atoms with Gasteiger partial charge in [0.05, 0.1) is 22.2 Å². The van der Waals surface area contributed by atoms with Gasteiger partial charge in [0.15, 0.2) is 0 Å². The van der Waals surface area contributed by atoms with Crippen LogP contribution in [0, 0.1) is 10.1 Å². The first-order chi connectivity index (χ1) is 11.4. The number of carbonyl (C=O) groups is 2. The van der Waals surface area contributed by atoms with Crippen molar-refractivity contribution >= 4 is 34.9 Å². The fourth-order valence-corrected chi connectivity index (χ4v) is 1.95. The van der Waals surface area contributed by atoms with Gasteiger partial charge in [-0.2, -0.15) is 0 Å². The van der Waals surface area contributed by atoms with E-state index in [9.17, 15) is 19.7 Å². The molecule has 1 amide bonds. The summed E-state index contributed by atoms with van der Waals surface area (Å²) < 4.78 is 4.81. The Morgan fingerprint density at radius 2 is 2.00 bits per heavy atom. The molecule has 9 heteroatoms. The van der Waals surface area contributed by atoms with Crippen LogP contribution in [0.4, 0.5) is 11.4 Å². The zero-order valence-corrected chi connectivity index (χ0v) is 13.2. The lowest BCUT2D eigenvalue weighted by Gasteiger charge is -2.07. The van der Waals surface area contributed by atoms with Gasteiger partial charge in [-0.25, -0.2) is 9.78 Å². The average molecular weight is 350 g/mol. The van der Waals surface area contributed by atoms with Gasteiger partial charge in [0.1, 0.15) is 11.4 Å². The average Bonchev–Trinajstić information content (AvgIpc) is 2.57. The van der Waals surface area contributed by atoms with E-state index in [-0.39, 0.29) is 34.4 Å². The van der Waals surface area contributed by atoms with Crippen LogP contribution in [0.2, 0.25) is 5.02 Å². The summed E-state index contributed by atoms with van der Waals surface area (Å²) >= 11 is 5.92. The van der Waals surface area contributed by atoms with E-state index >= 15 is 0 Å². The van der Waals surface area contributed by atoms with Crippen LogP contribution < -0.4 is 5.32 Å². The third kappa shape index (κ3) is 4.05. The van der Waals surface area contributed by atoms with Gasteiger partial charge in [0.2, 0.25) is 0 Å². The Kier molecular flexibility index (Phi) is 5.43. The highest BCUT2D eigenvalue weighted by atomic mass is 35.5. The van der Waals surface area contributed by atoms with Gasteiger partial charge in [-0.15, -0.1) is 0 Å². The van der Waals surface area contributed by atoms with Crippen LogP contribution in [0.3, 0.4) is 0 Å². The molecule has 124 valence electrons. The number of nitrogens with one attached hydrogen (secondary N) is 1. The minimum atomic E-state index is -0.663. The number of aromatic nitrogens is 1. The minimum absolute atomic E-state index is 0.0189. The van der Waals surface area contributed by atoms with Gasteiger partial charge in [0.25, 0.3) is 11.6 Å².